The lowest BCUT2D eigenvalue weighted by Gasteiger charge is -2.30. The molecule has 5 rings (SSSR count). The fourth-order valence-corrected chi connectivity index (χ4v) is 5.52. The molecule has 2 aliphatic rings. The molecule has 5 heteroatoms. The van der Waals surface area contributed by atoms with Crippen molar-refractivity contribution in [1.29, 1.82) is 0 Å². The van der Waals surface area contributed by atoms with Gasteiger partial charge in [0.1, 0.15) is 5.76 Å². The van der Waals surface area contributed by atoms with Crippen LogP contribution in [-0.4, -0.2) is 32.7 Å². The molecular weight excluding hydrogens is 424 g/mol. The summed E-state index contributed by atoms with van der Waals surface area (Å²) in [4.78, 5) is 32.0. The van der Waals surface area contributed by atoms with Crippen molar-refractivity contribution in [2.75, 3.05) is 0 Å². The van der Waals surface area contributed by atoms with Crippen molar-refractivity contribution in [3.8, 4) is 0 Å². The molecular formula is C29H32N2O3. The smallest absolute Gasteiger partial charge is 0.295 e. The molecule has 1 amide bonds. The fourth-order valence-electron chi connectivity index (χ4n) is 5.52. The van der Waals surface area contributed by atoms with Crippen molar-refractivity contribution in [2.45, 2.75) is 70.9 Å². The zero-order valence-corrected chi connectivity index (χ0v) is 20.3. The number of para-hydroxylation sites is 1. The summed E-state index contributed by atoms with van der Waals surface area (Å²) in [7, 11) is 0. The van der Waals surface area contributed by atoms with Crippen LogP contribution in [0.5, 0.6) is 0 Å². The second-order valence-electron chi connectivity index (χ2n) is 10.7. The Balaban J connectivity index is 1.75. The van der Waals surface area contributed by atoms with Crippen molar-refractivity contribution < 1.29 is 14.7 Å². The molecule has 2 heterocycles. The van der Waals surface area contributed by atoms with Gasteiger partial charge in [0.2, 0.25) is 0 Å². The highest BCUT2D eigenvalue weighted by Crippen LogP contribution is 2.45. The van der Waals surface area contributed by atoms with Crippen LogP contribution in [0.15, 0.2) is 54.2 Å². The third kappa shape index (κ3) is 3.54. The molecule has 34 heavy (non-hydrogen) atoms. The quantitative estimate of drug-likeness (QED) is 0.282. The van der Waals surface area contributed by atoms with Crippen LogP contribution >= 0.6 is 0 Å². The largest absolute Gasteiger partial charge is 0.507 e. The van der Waals surface area contributed by atoms with Crippen LogP contribution in [0.4, 0.5) is 0 Å². The summed E-state index contributed by atoms with van der Waals surface area (Å²) in [5, 5.41) is 12.6. The first kappa shape index (κ1) is 22.5. The molecule has 1 unspecified atom stereocenters. The molecule has 5 nitrogen and oxygen atoms in total. The summed E-state index contributed by atoms with van der Waals surface area (Å²) in [5.74, 6) is -1.19. The molecule has 1 aliphatic heterocycles. The summed E-state index contributed by atoms with van der Waals surface area (Å²) in [6.07, 6.45) is 5.73. The van der Waals surface area contributed by atoms with Gasteiger partial charge in [0.15, 0.2) is 0 Å². The third-order valence-electron chi connectivity index (χ3n) is 7.47. The lowest BCUT2D eigenvalue weighted by molar-refractivity contribution is -0.141. The van der Waals surface area contributed by atoms with Gasteiger partial charge in [-0.15, -0.1) is 0 Å². The first-order valence-electron chi connectivity index (χ1n) is 12.2. The van der Waals surface area contributed by atoms with E-state index in [9.17, 15) is 14.7 Å². The molecule has 1 aliphatic carbocycles. The van der Waals surface area contributed by atoms with Gasteiger partial charge in [-0.1, -0.05) is 63.9 Å². The first-order valence-corrected chi connectivity index (χ1v) is 12.2. The van der Waals surface area contributed by atoms with Crippen LogP contribution < -0.4 is 0 Å². The van der Waals surface area contributed by atoms with Crippen LogP contribution in [0.1, 0.15) is 74.8 Å². The maximum absolute atomic E-state index is 13.5. The minimum atomic E-state index is -0.614. The maximum Gasteiger partial charge on any atom is 0.295 e. The Morgan fingerprint density at radius 2 is 1.76 bits per heavy atom. The van der Waals surface area contributed by atoms with Gasteiger partial charge in [0, 0.05) is 34.3 Å². The number of fused-ring (bicyclic) bond motifs is 1. The Morgan fingerprint density at radius 1 is 1.06 bits per heavy atom. The van der Waals surface area contributed by atoms with Gasteiger partial charge in [-0.25, -0.2) is 0 Å². The van der Waals surface area contributed by atoms with Gasteiger partial charge in [-0.2, -0.15) is 0 Å². The Morgan fingerprint density at radius 3 is 2.47 bits per heavy atom. The normalized spacial score (nSPS) is 21.2. The molecule has 0 spiro atoms. The summed E-state index contributed by atoms with van der Waals surface area (Å²) in [5.41, 5.74) is 4.42. The molecule has 0 bridgehead atoms. The predicted octanol–water partition coefficient (Wildman–Crippen LogP) is 6.14. The lowest BCUT2D eigenvalue weighted by Crippen LogP contribution is -2.37. The number of rotatable bonds is 3. The van der Waals surface area contributed by atoms with E-state index < -0.39 is 17.7 Å². The second-order valence-corrected chi connectivity index (χ2v) is 10.7. The SMILES string of the molecule is Cc1ccc(C(C)(C)C)cc1/C(O)=C1\C(=O)C(=O)N(C2CCCC2)C1c1c[nH]c2ccccc12. The predicted molar refractivity (Wildman–Crippen MR) is 135 cm³/mol. The molecule has 1 saturated carbocycles. The minimum absolute atomic E-state index is 0.00224. The topological polar surface area (TPSA) is 73.4 Å². The molecule has 2 fully saturated rings. The van der Waals surface area contributed by atoms with Gasteiger partial charge in [0.25, 0.3) is 11.7 Å². The zero-order chi connectivity index (χ0) is 24.2. The number of nitrogens with one attached hydrogen (secondary N) is 1. The fraction of sp³-hybridized carbons (Fsp3) is 0.379. The van der Waals surface area contributed by atoms with Crippen LogP contribution in [0.3, 0.4) is 0 Å². The Labute approximate surface area is 200 Å². The van der Waals surface area contributed by atoms with Gasteiger partial charge in [-0.05, 0) is 48.4 Å². The number of likely N-dealkylation sites (tertiary alicyclic amines) is 1. The number of ketones is 1. The molecule has 0 radical (unpaired) electrons. The van der Waals surface area contributed by atoms with Crippen LogP contribution in [0.25, 0.3) is 16.7 Å². The van der Waals surface area contributed by atoms with Crippen molar-refractivity contribution in [1.82, 2.24) is 9.88 Å². The number of benzene rings is 2. The van der Waals surface area contributed by atoms with Crippen molar-refractivity contribution in [3.05, 3.63) is 76.5 Å². The lowest BCUT2D eigenvalue weighted by atomic mass is 9.84. The first-order chi connectivity index (χ1) is 16.2. The number of aliphatic hydroxyl groups is 1. The van der Waals surface area contributed by atoms with E-state index in [4.69, 9.17) is 0 Å². The third-order valence-corrected chi connectivity index (χ3v) is 7.47. The van der Waals surface area contributed by atoms with Gasteiger partial charge in [0.05, 0.1) is 11.6 Å². The average molecular weight is 457 g/mol. The number of hydrogen-bond donors (Lipinski definition) is 2. The van der Waals surface area contributed by atoms with E-state index in [-0.39, 0.29) is 22.8 Å². The van der Waals surface area contributed by atoms with E-state index in [0.29, 0.717) is 5.56 Å². The van der Waals surface area contributed by atoms with E-state index in [1.165, 1.54) is 0 Å². The van der Waals surface area contributed by atoms with E-state index in [1.807, 2.05) is 49.5 Å². The van der Waals surface area contributed by atoms with Crippen LogP contribution in [-0.2, 0) is 15.0 Å². The number of carbonyl (C=O) groups is 2. The Kier molecular flexibility index (Phi) is 5.38. The summed E-state index contributed by atoms with van der Waals surface area (Å²) >= 11 is 0. The van der Waals surface area contributed by atoms with Crippen LogP contribution in [0.2, 0.25) is 0 Å². The number of nitrogens with zero attached hydrogens (tertiary/aromatic N) is 1. The van der Waals surface area contributed by atoms with E-state index >= 15 is 0 Å². The monoisotopic (exact) mass is 456 g/mol. The molecule has 3 aromatic rings. The number of aromatic nitrogens is 1. The van der Waals surface area contributed by atoms with Crippen molar-refractivity contribution in [2.24, 2.45) is 0 Å². The van der Waals surface area contributed by atoms with E-state index in [2.05, 4.69) is 31.8 Å². The number of Topliss-reactive ketones (excluding diaryl/α,β-unsaturated/α-hetero) is 1. The Bertz CT molecular complexity index is 1320. The molecule has 1 atom stereocenters. The van der Waals surface area contributed by atoms with Gasteiger partial charge < -0.3 is 15.0 Å². The number of aliphatic hydroxyl groups excluding tert-OH is 1. The molecule has 1 aromatic heterocycles. The number of aromatic amines is 1. The van der Waals surface area contributed by atoms with Crippen molar-refractivity contribution >= 4 is 28.4 Å². The molecule has 2 aromatic carbocycles. The highest BCUT2D eigenvalue weighted by molar-refractivity contribution is 6.46. The van der Waals surface area contributed by atoms with Gasteiger partial charge in [-0.3, -0.25) is 9.59 Å². The summed E-state index contributed by atoms with van der Waals surface area (Å²) in [6, 6.07) is 13.3. The molecule has 2 N–H and O–H groups in total. The zero-order valence-electron chi connectivity index (χ0n) is 20.3. The minimum Gasteiger partial charge on any atom is -0.507 e. The number of H-pyrrole nitrogens is 1. The summed E-state index contributed by atoms with van der Waals surface area (Å²) < 4.78 is 0. The average Bonchev–Trinajstić information content (AvgIpc) is 3.52. The van der Waals surface area contributed by atoms with E-state index in [0.717, 1.165) is 53.3 Å². The Hall–Kier alpha value is -3.34. The standard InChI is InChI=1S/C29H32N2O3/c1-17-13-14-18(29(2,3)4)15-21(17)26(32)24-25(22-16-30-23-12-8-7-11-20(22)23)31(28(34)27(24)33)19-9-5-6-10-19/h7-8,11-16,19,25,30,32H,5-6,9-10H2,1-4H3/b26-24+. The molecule has 1 saturated heterocycles. The van der Waals surface area contributed by atoms with Crippen LogP contribution in [0, 0.1) is 6.92 Å². The summed E-state index contributed by atoms with van der Waals surface area (Å²) in [6.45, 7) is 8.28. The highest BCUT2D eigenvalue weighted by Gasteiger charge is 2.50. The van der Waals surface area contributed by atoms with E-state index in [1.54, 1.807) is 4.90 Å². The number of amides is 1. The number of carbonyl (C=O) groups excluding carboxylic acids is 2. The van der Waals surface area contributed by atoms with Gasteiger partial charge >= 0.3 is 0 Å². The second kappa shape index (κ2) is 8.15. The molecule has 176 valence electrons. The maximum atomic E-state index is 13.5. The number of hydrogen-bond acceptors (Lipinski definition) is 3. The highest BCUT2D eigenvalue weighted by atomic mass is 16.3. The number of aryl methyl sites for hydroxylation is 1. The van der Waals surface area contributed by atoms with Crippen molar-refractivity contribution in [3.63, 3.8) is 0 Å².